The minimum Gasteiger partial charge on any atom is -0.396 e. The molecule has 0 saturated carbocycles. The Morgan fingerprint density at radius 3 is 2.91 bits per heavy atom. The number of piperidine rings is 1. The maximum Gasteiger partial charge on any atom is 0.224 e. The second kappa shape index (κ2) is 8.73. The normalized spacial score (nSPS) is 19.1. The van der Waals surface area contributed by atoms with Crippen LogP contribution in [0.5, 0.6) is 0 Å². The van der Waals surface area contributed by atoms with Crippen molar-refractivity contribution in [1.29, 1.82) is 0 Å². The van der Waals surface area contributed by atoms with E-state index in [0.717, 1.165) is 38.0 Å². The van der Waals surface area contributed by atoms with E-state index in [1.165, 1.54) is 0 Å². The molecule has 0 radical (unpaired) electrons. The summed E-state index contributed by atoms with van der Waals surface area (Å²) in [6.07, 6.45) is 2.51. The van der Waals surface area contributed by atoms with Gasteiger partial charge < -0.3 is 15.3 Å². The molecule has 1 fully saturated rings. The molecule has 1 atom stereocenters. The van der Waals surface area contributed by atoms with E-state index in [0.29, 0.717) is 28.9 Å². The Morgan fingerprint density at radius 2 is 2.18 bits per heavy atom. The molecule has 1 heterocycles. The van der Waals surface area contributed by atoms with Crippen molar-refractivity contribution in [3.8, 4) is 0 Å². The Bertz CT molecular complexity index is 511. The van der Waals surface area contributed by atoms with Gasteiger partial charge in [-0.25, -0.2) is 0 Å². The van der Waals surface area contributed by atoms with Gasteiger partial charge >= 0.3 is 0 Å². The molecular formula is C16H22Cl2N2O2. The largest absolute Gasteiger partial charge is 0.396 e. The van der Waals surface area contributed by atoms with E-state index >= 15 is 0 Å². The lowest BCUT2D eigenvalue weighted by molar-refractivity contribution is -0.120. The molecule has 1 aromatic carbocycles. The average molecular weight is 345 g/mol. The van der Waals surface area contributed by atoms with Gasteiger partial charge in [-0.15, -0.1) is 0 Å². The molecule has 0 aromatic heterocycles. The third-order valence-corrected chi connectivity index (χ3v) is 4.70. The van der Waals surface area contributed by atoms with Gasteiger partial charge in [0.25, 0.3) is 0 Å². The first kappa shape index (κ1) is 17.5. The Labute approximate surface area is 141 Å². The smallest absolute Gasteiger partial charge is 0.224 e. The molecule has 0 aliphatic carbocycles. The number of rotatable bonds is 6. The fourth-order valence-electron chi connectivity index (χ4n) is 2.75. The molecule has 1 amide bonds. The molecule has 0 bridgehead atoms. The summed E-state index contributed by atoms with van der Waals surface area (Å²) in [5.74, 6) is 0.356. The van der Waals surface area contributed by atoms with Gasteiger partial charge in [0.2, 0.25) is 5.91 Å². The molecule has 1 aliphatic heterocycles. The lowest BCUT2D eigenvalue weighted by Crippen LogP contribution is -2.41. The Hall–Kier alpha value is -0.810. The number of hydrogen-bond acceptors (Lipinski definition) is 3. The molecule has 22 heavy (non-hydrogen) atoms. The third kappa shape index (κ3) is 5.43. The predicted molar refractivity (Wildman–Crippen MR) is 89.4 cm³/mol. The van der Waals surface area contributed by atoms with E-state index in [1.54, 1.807) is 12.1 Å². The van der Waals surface area contributed by atoms with Crippen LogP contribution >= 0.6 is 23.2 Å². The fourth-order valence-corrected chi connectivity index (χ4v) is 3.08. The number of benzene rings is 1. The van der Waals surface area contributed by atoms with Crippen molar-refractivity contribution >= 4 is 29.1 Å². The zero-order valence-corrected chi connectivity index (χ0v) is 14.0. The molecule has 6 heteroatoms. The lowest BCUT2D eigenvalue weighted by Gasteiger charge is -2.31. The number of aliphatic hydroxyl groups is 1. The van der Waals surface area contributed by atoms with Crippen LogP contribution in [0.1, 0.15) is 18.4 Å². The summed E-state index contributed by atoms with van der Waals surface area (Å²) in [5, 5.41) is 13.1. The van der Waals surface area contributed by atoms with E-state index in [2.05, 4.69) is 10.2 Å². The van der Waals surface area contributed by atoms with Gasteiger partial charge in [-0.1, -0.05) is 29.3 Å². The molecule has 122 valence electrons. The van der Waals surface area contributed by atoms with Crippen molar-refractivity contribution in [1.82, 2.24) is 10.2 Å². The van der Waals surface area contributed by atoms with E-state index in [1.807, 2.05) is 6.07 Å². The second-order valence-electron chi connectivity index (χ2n) is 5.77. The van der Waals surface area contributed by atoms with Crippen LogP contribution in [-0.2, 0) is 11.2 Å². The molecule has 1 aromatic rings. The Morgan fingerprint density at radius 1 is 1.36 bits per heavy atom. The number of nitrogens with zero attached hydrogens (tertiary/aromatic N) is 1. The summed E-state index contributed by atoms with van der Waals surface area (Å²) in [4.78, 5) is 14.2. The van der Waals surface area contributed by atoms with E-state index in [9.17, 15) is 9.90 Å². The monoisotopic (exact) mass is 344 g/mol. The number of aliphatic hydroxyl groups excluding tert-OH is 1. The highest BCUT2D eigenvalue weighted by Crippen LogP contribution is 2.22. The van der Waals surface area contributed by atoms with Crippen molar-refractivity contribution in [3.63, 3.8) is 0 Å². The molecule has 0 spiro atoms. The zero-order valence-electron chi connectivity index (χ0n) is 12.5. The average Bonchev–Trinajstić information content (AvgIpc) is 2.51. The van der Waals surface area contributed by atoms with Crippen LogP contribution in [0.4, 0.5) is 0 Å². The van der Waals surface area contributed by atoms with Gasteiger partial charge in [-0.2, -0.15) is 0 Å². The van der Waals surface area contributed by atoms with E-state index < -0.39 is 0 Å². The van der Waals surface area contributed by atoms with Crippen molar-refractivity contribution in [2.24, 2.45) is 5.92 Å². The van der Waals surface area contributed by atoms with Gasteiger partial charge in [0.05, 0.1) is 16.5 Å². The van der Waals surface area contributed by atoms with Crippen LogP contribution in [0.15, 0.2) is 18.2 Å². The number of likely N-dealkylation sites (tertiary alicyclic amines) is 1. The highest BCUT2D eigenvalue weighted by molar-refractivity contribution is 6.42. The molecule has 1 aliphatic rings. The van der Waals surface area contributed by atoms with Crippen LogP contribution in [0.25, 0.3) is 0 Å². The SMILES string of the molecule is O=C(Cc1ccc(Cl)c(Cl)c1)NCCN1CCCC(CO)C1. The summed E-state index contributed by atoms with van der Waals surface area (Å²) in [7, 11) is 0. The zero-order chi connectivity index (χ0) is 15.9. The number of halogens is 2. The molecular weight excluding hydrogens is 323 g/mol. The van der Waals surface area contributed by atoms with E-state index in [-0.39, 0.29) is 12.5 Å². The third-order valence-electron chi connectivity index (χ3n) is 3.96. The van der Waals surface area contributed by atoms with Gasteiger partial charge in [0, 0.05) is 26.2 Å². The summed E-state index contributed by atoms with van der Waals surface area (Å²) >= 11 is 11.8. The maximum absolute atomic E-state index is 11.9. The van der Waals surface area contributed by atoms with Crippen LogP contribution in [-0.4, -0.2) is 48.7 Å². The maximum atomic E-state index is 11.9. The van der Waals surface area contributed by atoms with Crippen LogP contribution in [0, 0.1) is 5.92 Å². The summed E-state index contributed by atoms with van der Waals surface area (Å²) in [6.45, 7) is 3.65. The first-order valence-electron chi connectivity index (χ1n) is 7.62. The van der Waals surface area contributed by atoms with Crippen molar-refractivity contribution in [2.45, 2.75) is 19.3 Å². The number of carbonyl (C=O) groups excluding carboxylic acids is 1. The van der Waals surface area contributed by atoms with Crippen molar-refractivity contribution in [2.75, 3.05) is 32.8 Å². The standard InChI is InChI=1S/C16H22Cl2N2O2/c17-14-4-3-12(8-15(14)18)9-16(22)19-5-7-20-6-1-2-13(10-20)11-21/h3-4,8,13,21H,1-2,5-7,9-11H2,(H,19,22). The van der Waals surface area contributed by atoms with Crippen molar-refractivity contribution < 1.29 is 9.90 Å². The highest BCUT2D eigenvalue weighted by Gasteiger charge is 2.18. The minimum atomic E-state index is -0.0193. The Kier molecular flexibility index (Phi) is 6.96. The van der Waals surface area contributed by atoms with Gasteiger partial charge in [-0.05, 0) is 43.0 Å². The van der Waals surface area contributed by atoms with E-state index in [4.69, 9.17) is 23.2 Å². The molecule has 2 rings (SSSR count). The lowest BCUT2D eigenvalue weighted by atomic mass is 9.99. The number of amides is 1. The summed E-state index contributed by atoms with van der Waals surface area (Å²) in [5.41, 5.74) is 0.852. The van der Waals surface area contributed by atoms with Gasteiger partial charge in [0.15, 0.2) is 0 Å². The summed E-state index contributed by atoms with van der Waals surface area (Å²) < 4.78 is 0. The second-order valence-corrected chi connectivity index (χ2v) is 6.58. The summed E-state index contributed by atoms with van der Waals surface area (Å²) in [6, 6.07) is 5.24. The van der Waals surface area contributed by atoms with Gasteiger partial charge in [-0.3, -0.25) is 4.79 Å². The number of carbonyl (C=O) groups is 1. The molecule has 4 nitrogen and oxygen atoms in total. The van der Waals surface area contributed by atoms with Gasteiger partial charge in [0.1, 0.15) is 0 Å². The number of nitrogens with one attached hydrogen (secondary N) is 1. The van der Waals surface area contributed by atoms with Crippen molar-refractivity contribution in [3.05, 3.63) is 33.8 Å². The highest BCUT2D eigenvalue weighted by atomic mass is 35.5. The minimum absolute atomic E-state index is 0.0193. The topological polar surface area (TPSA) is 52.6 Å². The van der Waals surface area contributed by atoms with Crippen LogP contribution < -0.4 is 5.32 Å². The Balaban J connectivity index is 1.70. The first-order chi connectivity index (χ1) is 10.6. The molecule has 1 saturated heterocycles. The first-order valence-corrected chi connectivity index (χ1v) is 8.38. The quantitative estimate of drug-likeness (QED) is 0.832. The predicted octanol–water partition coefficient (Wildman–Crippen LogP) is 2.36. The fraction of sp³-hybridized carbons (Fsp3) is 0.562. The van der Waals surface area contributed by atoms with Crippen LogP contribution in [0.2, 0.25) is 10.0 Å². The molecule has 2 N–H and O–H groups in total. The number of hydrogen-bond donors (Lipinski definition) is 2. The molecule has 1 unspecified atom stereocenters. The van der Waals surface area contributed by atoms with Crippen LogP contribution in [0.3, 0.4) is 0 Å².